The van der Waals surface area contributed by atoms with Crippen molar-refractivity contribution in [3.63, 3.8) is 0 Å². The summed E-state index contributed by atoms with van der Waals surface area (Å²) in [7, 11) is 3.10. The van der Waals surface area contributed by atoms with Gasteiger partial charge >= 0.3 is 6.03 Å². The highest BCUT2D eigenvalue weighted by molar-refractivity contribution is 6.15. The van der Waals surface area contributed by atoms with E-state index in [0.29, 0.717) is 17.2 Å². The lowest BCUT2D eigenvalue weighted by Gasteiger charge is -2.21. The molecule has 1 saturated heterocycles. The Morgan fingerprint density at radius 3 is 2.39 bits per heavy atom. The fraction of sp³-hybridized carbons (Fsp3) is 0.348. The van der Waals surface area contributed by atoms with Gasteiger partial charge in [-0.2, -0.15) is 0 Å². The van der Waals surface area contributed by atoms with Gasteiger partial charge in [0.15, 0.2) is 0 Å². The van der Waals surface area contributed by atoms with E-state index in [0.717, 1.165) is 16.0 Å². The lowest BCUT2D eigenvalue weighted by Crippen LogP contribution is -2.42. The lowest BCUT2D eigenvalue weighted by atomic mass is 10.1. The van der Waals surface area contributed by atoms with E-state index in [1.54, 1.807) is 58.4 Å². The van der Waals surface area contributed by atoms with Crippen LogP contribution in [0, 0.1) is 6.92 Å². The molecule has 0 bridgehead atoms. The van der Waals surface area contributed by atoms with Crippen LogP contribution < -0.4 is 19.7 Å². The third kappa shape index (κ3) is 4.47. The molecule has 1 aliphatic rings. The second kappa shape index (κ2) is 9.07. The molecule has 1 aliphatic heterocycles. The molecule has 2 atom stereocenters. The topological polar surface area (TPSA) is 88.2 Å². The standard InChI is InChI=1S/C23H27N3O5/c1-14-6-8-17(9-7-14)26-16(3)22(28)25(23(26)29)13-21(27)24-15(2)19-12-18(30-4)10-11-20(19)31-5/h6-12,15-16H,13H2,1-5H3,(H,24,27)/t15-,16+/m0/s1. The minimum Gasteiger partial charge on any atom is -0.497 e. The van der Waals surface area contributed by atoms with Gasteiger partial charge in [0.1, 0.15) is 24.1 Å². The number of carbonyl (C=O) groups is 3. The number of amides is 4. The largest absolute Gasteiger partial charge is 0.497 e. The average Bonchev–Trinajstić information content (AvgIpc) is 2.97. The normalized spacial score (nSPS) is 17.0. The van der Waals surface area contributed by atoms with Crippen molar-refractivity contribution in [3.8, 4) is 11.5 Å². The van der Waals surface area contributed by atoms with E-state index in [1.807, 2.05) is 19.1 Å². The Kier molecular flexibility index (Phi) is 6.48. The molecular formula is C23H27N3O5. The summed E-state index contributed by atoms with van der Waals surface area (Å²) < 4.78 is 10.6. The zero-order chi connectivity index (χ0) is 22.7. The summed E-state index contributed by atoms with van der Waals surface area (Å²) in [5.74, 6) is 0.370. The molecule has 4 amide bonds. The van der Waals surface area contributed by atoms with Crippen LogP contribution in [-0.2, 0) is 9.59 Å². The second-order valence-corrected chi connectivity index (χ2v) is 7.49. The Balaban J connectivity index is 1.72. The van der Waals surface area contributed by atoms with Gasteiger partial charge in [0.2, 0.25) is 5.91 Å². The Labute approximate surface area is 181 Å². The summed E-state index contributed by atoms with van der Waals surface area (Å²) in [6.45, 7) is 5.03. The van der Waals surface area contributed by atoms with Crippen LogP contribution in [0.5, 0.6) is 11.5 Å². The number of imide groups is 1. The summed E-state index contributed by atoms with van der Waals surface area (Å²) in [6, 6.07) is 11.0. The first-order valence-corrected chi connectivity index (χ1v) is 9.99. The Bertz CT molecular complexity index is 989. The van der Waals surface area contributed by atoms with E-state index >= 15 is 0 Å². The first-order chi connectivity index (χ1) is 14.8. The molecule has 8 heteroatoms. The fourth-order valence-corrected chi connectivity index (χ4v) is 3.60. The number of hydrogen-bond donors (Lipinski definition) is 1. The zero-order valence-electron chi connectivity index (χ0n) is 18.3. The molecule has 0 aliphatic carbocycles. The predicted octanol–water partition coefficient (Wildman–Crippen LogP) is 3.05. The number of anilines is 1. The zero-order valence-corrected chi connectivity index (χ0v) is 18.3. The fourth-order valence-electron chi connectivity index (χ4n) is 3.60. The summed E-state index contributed by atoms with van der Waals surface area (Å²) in [6.07, 6.45) is 0. The smallest absolute Gasteiger partial charge is 0.332 e. The first-order valence-electron chi connectivity index (χ1n) is 9.99. The second-order valence-electron chi connectivity index (χ2n) is 7.49. The molecule has 0 unspecified atom stereocenters. The van der Waals surface area contributed by atoms with Crippen LogP contribution in [0.2, 0.25) is 0 Å². The van der Waals surface area contributed by atoms with Crippen molar-refractivity contribution in [2.45, 2.75) is 32.9 Å². The molecule has 0 aromatic heterocycles. The maximum atomic E-state index is 12.9. The highest BCUT2D eigenvalue weighted by Gasteiger charge is 2.44. The van der Waals surface area contributed by atoms with Gasteiger partial charge in [-0.25, -0.2) is 4.79 Å². The minimum atomic E-state index is -0.682. The molecule has 0 saturated carbocycles. The molecule has 1 N–H and O–H groups in total. The molecule has 1 heterocycles. The molecule has 0 radical (unpaired) electrons. The summed E-state index contributed by atoms with van der Waals surface area (Å²) >= 11 is 0. The van der Waals surface area contributed by atoms with Crippen molar-refractivity contribution in [1.82, 2.24) is 10.2 Å². The average molecular weight is 425 g/mol. The van der Waals surface area contributed by atoms with E-state index < -0.39 is 29.9 Å². The van der Waals surface area contributed by atoms with E-state index in [9.17, 15) is 14.4 Å². The van der Waals surface area contributed by atoms with Crippen LogP contribution in [0.25, 0.3) is 0 Å². The molecule has 2 aromatic carbocycles. The van der Waals surface area contributed by atoms with Crippen molar-refractivity contribution in [2.75, 3.05) is 25.7 Å². The van der Waals surface area contributed by atoms with E-state index in [2.05, 4.69) is 5.32 Å². The van der Waals surface area contributed by atoms with Crippen LogP contribution in [0.15, 0.2) is 42.5 Å². The third-order valence-corrected chi connectivity index (χ3v) is 5.34. The third-order valence-electron chi connectivity index (χ3n) is 5.34. The van der Waals surface area contributed by atoms with Gasteiger partial charge in [-0.05, 0) is 51.1 Å². The van der Waals surface area contributed by atoms with E-state index in [1.165, 1.54) is 4.90 Å². The lowest BCUT2D eigenvalue weighted by molar-refractivity contribution is -0.132. The Morgan fingerprint density at radius 2 is 1.77 bits per heavy atom. The van der Waals surface area contributed by atoms with Crippen molar-refractivity contribution in [2.24, 2.45) is 0 Å². The number of rotatable bonds is 7. The van der Waals surface area contributed by atoms with Gasteiger partial charge < -0.3 is 14.8 Å². The van der Waals surface area contributed by atoms with E-state index in [4.69, 9.17) is 9.47 Å². The summed E-state index contributed by atoms with van der Waals surface area (Å²) in [5.41, 5.74) is 2.39. The van der Waals surface area contributed by atoms with Gasteiger partial charge in [-0.1, -0.05) is 17.7 Å². The molecular weight excluding hydrogens is 398 g/mol. The van der Waals surface area contributed by atoms with Crippen LogP contribution >= 0.6 is 0 Å². The molecule has 31 heavy (non-hydrogen) atoms. The maximum Gasteiger partial charge on any atom is 0.332 e. The van der Waals surface area contributed by atoms with Crippen LogP contribution in [0.3, 0.4) is 0 Å². The first kappa shape index (κ1) is 22.1. The van der Waals surface area contributed by atoms with Crippen molar-refractivity contribution < 1.29 is 23.9 Å². The molecule has 1 fully saturated rings. The predicted molar refractivity (Wildman–Crippen MR) is 116 cm³/mol. The van der Waals surface area contributed by atoms with Gasteiger partial charge in [-0.15, -0.1) is 0 Å². The van der Waals surface area contributed by atoms with Gasteiger partial charge in [0, 0.05) is 11.3 Å². The number of ether oxygens (including phenoxy) is 2. The number of benzene rings is 2. The quantitative estimate of drug-likeness (QED) is 0.689. The van der Waals surface area contributed by atoms with Crippen molar-refractivity contribution in [1.29, 1.82) is 0 Å². The molecule has 0 spiro atoms. The van der Waals surface area contributed by atoms with Gasteiger partial charge in [0.25, 0.3) is 5.91 Å². The number of aryl methyl sites for hydroxylation is 1. The number of carbonyl (C=O) groups excluding carboxylic acids is 3. The number of urea groups is 1. The molecule has 8 nitrogen and oxygen atoms in total. The van der Waals surface area contributed by atoms with Gasteiger partial charge in [-0.3, -0.25) is 19.4 Å². The van der Waals surface area contributed by atoms with Gasteiger partial charge in [0.05, 0.1) is 20.3 Å². The summed E-state index contributed by atoms with van der Waals surface area (Å²) in [4.78, 5) is 40.7. The monoisotopic (exact) mass is 425 g/mol. The Hall–Kier alpha value is -3.55. The highest BCUT2D eigenvalue weighted by Crippen LogP contribution is 2.30. The highest BCUT2D eigenvalue weighted by atomic mass is 16.5. The molecule has 3 rings (SSSR count). The van der Waals surface area contributed by atoms with Crippen molar-refractivity contribution >= 4 is 23.5 Å². The SMILES string of the molecule is COc1ccc(OC)c([C@H](C)NC(=O)CN2C(=O)[C@@H](C)N(c3ccc(C)cc3)C2=O)c1. The Morgan fingerprint density at radius 1 is 1.10 bits per heavy atom. The van der Waals surface area contributed by atoms with Crippen LogP contribution in [0.1, 0.15) is 31.0 Å². The van der Waals surface area contributed by atoms with Crippen LogP contribution in [-0.4, -0.2) is 49.6 Å². The number of nitrogens with one attached hydrogen (secondary N) is 1. The molecule has 2 aromatic rings. The number of methoxy groups -OCH3 is 2. The summed E-state index contributed by atoms with van der Waals surface area (Å²) in [5, 5.41) is 2.83. The van der Waals surface area contributed by atoms with E-state index in [-0.39, 0.29) is 6.54 Å². The maximum absolute atomic E-state index is 12.9. The molecule has 164 valence electrons. The number of hydrogen-bond acceptors (Lipinski definition) is 5. The van der Waals surface area contributed by atoms with Crippen LogP contribution in [0.4, 0.5) is 10.5 Å². The minimum absolute atomic E-state index is 0.360. The van der Waals surface area contributed by atoms with Crippen molar-refractivity contribution in [3.05, 3.63) is 53.6 Å². The number of nitrogens with zero attached hydrogens (tertiary/aromatic N) is 2.